The lowest BCUT2D eigenvalue weighted by atomic mass is 10.00. The molecule has 4 heteroatoms. The number of fused-ring (bicyclic) bond motifs is 1. The zero-order valence-electron chi connectivity index (χ0n) is 11.6. The second-order valence-electron chi connectivity index (χ2n) is 4.73. The molecule has 0 unspecified atom stereocenters. The summed E-state index contributed by atoms with van der Waals surface area (Å²) in [7, 11) is 1.68. The number of hydrogen-bond donors (Lipinski definition) is 0. The fraction of sp³-hybridized carbons (Fsp3) is 0.533. The van der Waals surface area contributed by atoms with Crippen LogP contribution in [-0.4, -0.2) is 37.7 Å². The number of hydrogen-bond acceptors (Lipinski definition) is 4. The Morgan fingerprint density at radius 3 is 3.05 bits per heavy atom. The molecule has 0 bridgehead atoms. The standard InChI is InChI=1S/C15H20N2O2/c1-3-8-17(9-7-16)12-10-13-14(18-2)5-4-6-15(13)19-11-12/h4-6,12H,3,8-11H2,1-2H3/t12-/m1/s1. The molecule has 1 aromatic carbocycles. The fourth-order valence-electron chi connectivity index (χ4n) is 2.56. The van der Waals surface area contributed by atoms with E-state index in [0.29, 0.717) is 13.2 Å². The van der Waals surface area contributed by atoms with Crippen molar-refractivity contribution in [2.24, 2.45) is 0 Å². The van der Waals surface area contributed by atoms with E-state index in [9.17, 15) is 0 Å². The van der Waals surface area contributed by atoms with Crippen LogP contribution in [-0.2, 0) is 6.42 Å². The Labute approximate surface area is 114 Å². The molecular formula is C15H20N2O2. The van der Waals surface area contributed by atoms with Crippen LogP contribution in [0.25, 0.3) is 0 Å². The van der Waals surface area contributed by atoms with Gasteiger partial charge in [0.25, 0.3) is 0 Å². The minimum atomic E-state index is 0.253. The van der Waals surface area contributed by atoms with Crippen LogP contribution < -0.4 is 9.47 Å². The first-order chi connectivity index (χ1) is 9.30. The molecule has 1 aromatic rings. The number of rotatable bonds is 5. The lowest BCUT2D eigenvalue weighted by molar-refractivity contribution is 0.130. The SMILES string of the molecule is CCCN(CC#N)[C@H]1COc2cccc(OC)c2C1. The maximum Gasteiger partial charge on any atom is 0.126 e. The lowest BCUT2D eigenvalue weighted by Gasteiger charge is -2.34. The van der Waals surface area contributed by atoms with Gasteiger partial charge >= 0.3 is 0 Å². The molecule has 0 fully saturated rings. The van der Waals surface area contributed by atoms with Gasteiger partial charge in [-0.2, -0.15) is 5.26 Å². The molecule has 0 radical (unpaired) electrons. The van der Waals surface area contributed by atoms with E-state index in [4.69, 9.17) is 14.7 Å². The van der Waals surface area contributed by atoms with Gasteiger partial charge in [-0.25, -0.2) is 0 Å². The molecule has 0 spiro atoms. The first kappa shape index (κ1) is 13.7. The highest BCUT2D eigenvalue weighted by Gasteiger charge is 2.26. The van der Waals surface area contributed by atoms with Crippen molar-refractivity contribution in [3.8, 4) is 17.6 Å². The maximum atomic E-state index is 8.93. The van der Waals surface area contributed by atoms with Crippen LogP contribution in [0.15, 0.2) is 18.2 Å². The van der Waals surface area contributed by atoms with E-state index in [1.54, 1.807) is 7.11 Å². The van der Waals surface area contributed by atoms with Crippen molar-refractivity contribution in [1.82, 2.24) is 4.90 Å². The second kappa shape index (κ2) is 6.44. The summed E-state index contributed by atoms with van der Waals surface area (Å²) in [5.41, 5.74) is 1.11. The molecule has 0 amide bonds. The monoisotopic (exact) mass is 260 g/mol. The summed E-state index contributed by atoms with van der Waals surface area (Å²) >= 11 is 0. The largest absolute Gasteiger partial charge is 0.496 e. The molecular weight excluding hydrogens is 240 g/mol. The topological polar surface area (TPSA) is 45.5 Å². The van der Waals surface area contributed by atoms with Crippen molar-refractivity contribution in [2.45, 2.75) is 25.8 Å². The van der Waals surface area contributed by atoms with E-state index >= 15 is 0 Å². The molecule has 0 saturated heterocycles. The molecule has 0 aliphatic carbocycles. The molecule has 19 heavy (non-hydrogen) atoms. The second-order valence-corrected chi connectivity index (χ2v) is 4.73. The summed E-state index contributed by atoms with van der Waals surface area (Å²) in [4.78, 5) is 2.19. The van der Waals surface area contributed by atoms with Crippen molar-refractivity contribution >= 4 is 0 Å². The molecule has 0 N–H and O–H groups in total. The summed E-state index contributed by atoms with van der Waals surface area (Å²) in [5, 5.41) is 8.93. The zero-order valence-corrected chi connectivity index (χ0v) is 11.6. The number of methoxy groups -OCH3 is 1. The van der Waals surface area contributed by atoms with Crippen LogP contribution in [0.2, 0.25) is 0 Å². The van der Waals surface area contributed by atoms with Gasteiger partial charge in [-0.3, -0.25) is 4.90 Å². The lowest BCUT2D eigenvalue weighted by Crippen LogP contribution is -2.43. The van der Waals surface area contributed by atoms with Gasteiger partial charge in [-0.05, 0) is 31.5 Å². The summed E-state index contributed by atoms with van der Waals surface area (Å²) in [6.45, 7) is 4.14. The number of benzene rings is 1. The molecule has 1 aliphatic rings. The molecule has 102 valence electrons. The van der Waals surface area contributed by atoms with Crippen molar-refractivity contribution in [1.29, 1.82) is 5.26 Å². The van der Waals surface area contributed by atoms with E-state index in [0.717, 1.165) is 36.4 Å². The van der Waals surface area contributed by atoms with Crippen molar-refractivity contribution in [3.63, 3.8) is 0 Å². The summed E-state index contributed by atoms with van der Waals surface area (Å²) in [6.07, 6.45) is 1.91. The van der Waals surface area contributed by atoms with E-state index in [-0.39, 0.29) is 6.04 Å². The Bertz CT molecular complexity index is 453. The number of nitriles is 1. The fourth-order valence-corrected chi connectivity index (χ4v) is 2.56. The van der Waals surface area contributed by atoms with Gasteiger partial charge < -0.3 is 9.47 Å². The van der Waals surface area contributed by atoms with Crippen LogP contribution in [0, 0.1) is 11.3 Å². The first-order valence-corrected chi connectivity index (χ1v) is 6.69. The van der Waals surface area contributed by atoms with Crippen LogP contribution in [0.4, 0.5) is 0 Å². The van der Waals surface area contributed by atoms with Crippen molar-refractivity contribution in [2.75, 3.05) is 26.8 Å². The number of nitrogens with zero attached hydrogens (tertiary/aromatic N) is 2. The molecule has 1 atom stereocenters. The number of ether oxygens (including phenoxy) is 2. The Hall–Kier alpha value is -1.73. The predicted octanol–water partition coefficient (Wildman–Crippen LogP) is 2.23. The van der Waals surface area contributed by atoms with Crippen LogP contribution >= 0.6 is 0 Å². The average molecular weight is 260 g/mol. The van der Waals surface area contributed by atoms with E-state index in [2.05, 4.69) is 17.9 Å². The van der Waals surface area contributed by atoms with Crippen molar-refractivity contribution in [3.05, 3.63) is 23.8 Å². The Balaban J connectivity index is 2.18. The molecule has 2 rings (SSSR count). The Morgan fingerprint density at radius 2 is 2.37 bits per heavy atom. The predicted molar refractivity (Wildman–Crippen MR) is 73.5 cm³/mol. The third-order valence-corrected chi connectivity index (χ3v) is 3.48. The van der Waals surface area contributed by atoms with Crippen LogP contribution in [0.1, 0.15) is 18.9 Å². The minimum absolute atomic E-state index is 0.253. The third-order valence-electron chi connectivity index (χ3n) is 3.48. The van der Waals surface area contributed by atoms with E-state index < -0.39 is 0 Å². The highest BCUT2D eigenvalue weighted by molar-refractivity contribution is 5.46. The van der Waals surface area contributed by atoms with E-state index in [1.165, 1.54) is 0 Å². The van der Waals surface area contributed by atoms with Crippen molar-refractivity contribution < 1.29 is 9.47 Å². The van der Waals surface area contributed by atoms with Gasteiger partial charge in [0.05, 0.1) is 19.7 Å². The van der Waals surface area contributed by atoms with Crippen LogP contribution in [0.5, 0.6) is 11.5 Å². The minimum Gasteiger partial charge on any atom is -0.496 e. The van der Waals surface area contributed by atoms with Gasteiger partial charge in [0.2, 0.25) is 0 Å². The molecule has 1 heterocycles. The normalized spacial score (nSPS) is 17.5. The molecule has 1 aliphatic heterocycles. The summed E-state index contributed by atoms with van der Waals surface area (Å²) in [5.74, 6) is 1.78. The highest BCUT2D eigenvalue weighted by atomic mass is 16.5. The quantitative estimate of drug-likeness (QED) is 0.762. The molecule has 4 nitrogen and oxygen atoms in total. The van der Waals surface area contributed by atoms with Gasteiger partial charge in [-0.1, -0.05) is 13.0 Å². The van der Waals surface area contributed by atoms with Gasteiger partial charge in [0, 0.05) is 11.6 Å². The van der Waals surface area contributed by atoms with Gasteiger partial charge in [0.1, 0.15) is 18.1 Å². The van der Waals surface area contributed by atoms with Gasteiger partial charge in [0.15, 0.2) is 0 Å². The van der Waals surface area contributed by atoms with Crippen LogP contribution in [0.3, 0.4) is 0 Å². The zero-order chi connectivity index (χ0) is 13.7. The smallest absolute Gasteiger partial charge is 0.126 e. The third kappa shape index (κ3) is 2.99. The molecule has 0 aromatic heterocycles. The highest BCUT2D eigenvalue weighted by Crippen LogP contribution is 2.33. The Morgan fingerprint density at radius 1 is 1.53 bits per heavy atom. The molecule has 0 saturated carbocycles. The Kier molecular flexibility index (Phi) is 4.64. The first-order valence-electron chi connectivity index (χ1n) is 6.69. The maximum absolute atomic E-state index is 8.93. The van der Waals surface area contributed by atoms with Gasteiger partial charge in [-0.15, -0.1) is 0 Å². The summed E-state index contributed by atoms with van der Waals surface area (Å²) in [6, 6.07) is 8.37. The van der Waals surface area contributed by atoms with E-state index in [1.807, 2.05) is 18.2 Å². The average Bonchev–Trinajstić information content (AvgIpc) is 2.46. The summed E-state index contributed by atoms with van der Waals surface area (Å²) < 4.78 is 11.2.